The van der Waals surface area contributed by atoms with E-state index in [0.717, 1.165) is 10.6 Å². The molecule has 0 aromatic carbocycles. The summed E-state index contributed by atoms with van der Waals surface area (Å²) in [6, 6.07) is 1.15. The summed E-state index contributed by atoms with van der Waals surface area (Å²) in [4.78, 5) is 25.3. The zero-order valence-corrected chi connectivity index (χ0v) is 14.5. The van der Waals surface area contributed by atoms with Gasteiger partial charge >= 0.3 is 12.9 Å². The Hall–Kier alpha value is -1.07. The summed E-state index contributed by atoms with van der Waals surface area (Å²) in [5.74, 6) is 0. The van der Waals surface area contributed by atoms with Crippen LogP contribution in [0.2, 0.25) is 0 Å². The first kappa shape index (κ1) is 19.3. The maximum atomic E-state index is 12.0. The van der Waals surface area contributed by atoms with Gasteiger partial charge in [0.25, 0.3) is 5.56 Å². The van der Waals surface area contributed by atoms with Gasteiger partial charge in [-0.2, -0.15) is 0 Å². The van der Waals surface area contributed by atoms with Crippen molar-refractivity contribution < 1.29 is 28.4 Å². The Morgan fingerprint density at radius 1 is 1.42 bits per heavy atom. The van der Waals surface area contributed by atoms with Gasteiger partial charge in [-0.15, -0.1) is 4.52 Å². The van der Waals surface area contributed by atoms with Crippen LogP contribution >= 0.6 is 19.5 Å². The van der Waals surface area contributed by atoms with E-state index in [0.29, 0.717) is 0 Å². The van der Waals surface area contributed by atoms with Crippen molar-refractivity contribution >= 4 is 19.5 Å². The van der Waals surface area contributed by atoms with E-state index in [-0.39, 0.29) is 13.2 Å². The molecule has 2 heterocycles. The third-order valence-corrected chi connectivity index (χ3v) is 4.11. The van der Waals surface area contributed by atoms with Crippen LogP contribution in [0, 0.1) is 0 Å². The minimum absolute atomic E-state index is 0.153. The average molecular weight is 381 g/mol. The highest BCUT2D eigenvalue weighted by Crippen LogP contribution is 2.39. The third kappa shape index (κ3) is 4.51. The van der Waals surface area contributed by atoms with E-state index in [1.165, 1.54) is 13.3 Å². The number of rotatable bonds is 8. The van der Waals surface area contributed by atoms with E-state index in [2.05, 4.69) is 17.2 Å². The molecule has 1 aliphatic heterocycles. The van der Waals surface area contributed by atoms with Crippen LogP contribution in [0.25, 0.3) is 0 Å². The molecular weight excluding hydrogens is 363 g/mol. The fourth-order valence-corrected chi connectivity index (χ4v) is 3.17. The van der Waals surface area contributed by atoms with Crippen molar-refractivity contribution in [3.05, 3.63) is 33.1 Å². The Bertz CT molecular complexity index is 680. The molecule has 0 spiro atoms. The van der Waals surface area contributed by atoms with Crippen LogP contribution in [-0.2, 0) is 23.3 Å². The molecule has 12 heteroatoms. The molecule has 1 fully saturated rings. The lowest BCUT2D eigenvalue weighted by Crippen LogP contribution is -2.40. The molecule has 0 amide bonds. The van der Waals surface area contributed by atoms with E-state index in [1.807, 2.05) is 0 Å². The van der Waals surface area contributed by atoms with Gasteiger partial charge in [-0.1, -0.05) is 0 Å². The highest BCUT2D eigenvalue weighted by Gasteiger charge is 2.51. The second-order valence-corrected chi connectivity index (χ2v) is 6.57. The Balaban J connectivity index is 2.33. The van der Waals surface area contributed by atoms with Crippen LogP contribution in [0.15, 0.2) is 21.9 Å². The maximum Gasteiger partial charge on any atom is 0.582 e. The number of thiol groups is 1. The summed E-state index contributed by atoms with van der Waals surface area (Å²) in [5, 5.41) is 9.47. The van der Waals surface area contributed by atoms with Gasteiger partial charge in [0, 0.05) is 19.4 Å². The van der Waals surface area contributed by atoms with Crippen molar-refractivity contribution in [2.45, 2.75) is 24.5 Å². The number of hydrogen-bond acceptors (Lipinski definition) is 8. The predicted octanol–water partition coefficient (Wildman–Crippen LogP) is -0.570. The standard InChI is InChI=1S/C12H17N2O8PS/c1-19-4-5-20-10-9(22-23(18)24)7(6-15)21-11(10)14-3-2-8(16)13-12(14)17/h2-3,7,9-11,15H,4-6H2,1H3,(H-,13,16,17,18,24)/p+1/t7-,9-,10-,11-/m1/s1. The van der Waals surface area contributed by atoms with Crippen molar-refractivity contribution in [1.29, 1.82) is 0 Å². The summed E-state index contributed by atoms with van der Waals surface area (Å²) in [6.45, 7) is -0.0197. The minimum Gasteiger partial charge on any atom is -0.394 e. The van der Waals surface area contributed by atoms with Gasteiger partial charge < -0.3 is 19.3 Å². The van der Waals surface area contributed by atoms with Gasteiger partial charge in [-0.25, -0.2) is 4.79 Å². The highest BCUT2D eigenvalue weighted by atomic mass is 32.7. The molecule has 1 aromatic rings. The Kier molecular flexibility index (Phi) is 7.11. The van der Waals surface area contributed by atoms with E-state index in [1.54, 1.807) is 0 Å². The fraction of sp³-hybridized carbons (Fsp3) is 0.667. The van der Waals surface area contributed by atoms with Gasteiger partial charge in [0.2, 0.25) is 0 Å². The first-order valence-electron chi connectivity index (χ1n) is 6.99. The molecule has 24 heavy (non-hydrogen) atoms. The zero-order valence-electron chi connectivity index (χ0n) is 12.7. The molecule has 0 bridgehead atoms. The number of hydrogen-bond donors (Lipinski definition) is 3. The number of methoxy groups -OCH3 is 1. The van der Waals surface area contributed by atoms with Crippen molar-refractivity contribution in [2.75, 3.05) is 26.9 Å². The van der Waals surface area contributed by atoms with Crippen LogP contribution in [0.4, 0.5) is 0 Å². The molecule has 2 N–H and O–H groups in total. The first-order chi connectivity index (χ1) is 11.5. The normalized spacial score (nSPS) is 27.4. The Labute approximate surface area is 142 Å². The first-order valence-corrected chi connectivity index (χ1v) is 9.32. The number of nitrogens with one attached hydrogen (secondary N) is 1. The van der Waals surface area contributed by atoms with Crippen molar-refractivity contribution in [3.63, 3.8) is 0 Å². The molecule has 1 aromatic heterocycles. The molecule has 1 saturated heterocycles. The minimum atomic E-state index is -2.29. The van der Waals surface area contributed by atoms with Crippen molar-refractivity contribution in [2.24, 2.45) is 0 Å². The zero-order chi connectivity index (χ0) is 17.7. The highest BCUT2D eigenvalue weighted by molar-refractivity contribution is 8.39. The molecule has 2 rings (SSSR count). The summed E-state index contributed by atoms with van der Waals surface area (Å²) < 4.78 is 33.8. The summed E-state index contributed by atoms with van der Waals surface area (Å²) in [5.41, 5.74) is -1.27. The molecule has 134 valence electrons. The average Bonchev–Trinajstić information content (AvgIpc) is 2.85. The smallest absolute Gasteiger partial charge is 0.394 e. The quantitative estimate of drug-likeness (QED) is 0.310. The number of aliphatic hydroxyl groups is 1. The van der Waals surface area contributed by atoms with Crippen LogP contribution in [0.5, 0.6) is 0 Å². The maximum absolute atomic E-state index is 12.0. The molecule has 0 radical (unpaired) electrons. The molecule has 10 nitrogen and oxygen atoms in total. The van der Waals surface area contributed by atoms with Gasteiger partial charge in [0.1, 0.15) is 24.5 Å². The number of ether oxygens (including phenoxy) is 3. The lowest BCUT2D eigenvalue weighted by Gasteiger charge is -2.21. The van der Waals surface area contributed by atoms with Crippen molar-refractivity contribution in [3.8, 4) is 0 Å². The molecular formula is C12H18N2O8PS+. The summed E-state index contributed by atoms with van der Waals surface area (Å²) >= 11 is 3.71. The largest absolute Gasteiger partial charge is 0.582 e. The summed E-state index contributed by atoms with van der Waals surface area (Å²) in [6.07, 6.45) is -2.41. The van der Waals surface area contributed by atoms with Crippen molar-refractivity contribution in [1.82, 2.24) is 9.55 Å². The fourth-order valence-electron chi connectivity index (χ4n) is 2.38. The SMILES string of the molecule is COCCO[C@@H]1[C@H](O[P+](=O)S)[C@@H](CO)O[C@H]1n1ccc(=O)[nH]c1=O. The van der Waals surface area contributed by atoms with Gasteiger partial charge in [0.15, 0.2) is 12.3 Å². The molecule has 1 aliphatic rings. The number of aromatic nitrogens is 2. The lowest BCUT2D eigenvalue weighted by atomic mass is 10.1. The van der Waals surface area contributed by atoms with Gasteiger partial charge in [-0.05, 0) is 4.57 Å². The molecule has 5 atom stereocenters. The predicted molar refractivity (Wildman–Crippen MR) is 85.4 cm³/mol. The second kappa shape index (κ2) is 8.86. The Morgan fingerprint density at radius 2 is 2.17 bits per heavy atom. The van der Waals surface area contributed by atoms with E-state index in [4.69, 9.17) is 18.7 Å². The van der Waals surface area contributed by atoms with Crippen LogP contribution in [0.1, 0.15) is 6.23 Å². The monoisotopic (exact) mass is 381 g/mol. The van der Waals surface area contributed by atoms with E-state index < -0.39 is 49.6 Å². The number of H-pyrrole nitrogens is 1. The lowest BCUT2D eigenvalue weighted by molar-refractivity contribution is -0.0807. The number of aromatic amines is 1. The Morgan fingerprint density at radius 3 is 2.75 bits per heavy atom. The van der Waals surface area contributed by atoms with Crippen LogP contribution in [-0.4, -0.2) is 59.9 Å². The van der Waals surface area contributed by atoms with Gasteiger partial charge in [0.05, 0.1) is 19.8 Å². The second-order valence-electron chi connectivity index (χ2n) is 4.90. The summed E-state index contributed by atoms with van der Waals surface area (Å²) in [7, 11) is -0.799. The molecule has 1 unspecified atom stereocenters. The van der Waals surface area contributed by atoms with E-state index >= 15 is 0 Å². The van der Waals surface area contributed by atoms with Crippen LogP contribution < -0.4 is 11.2 Å². The third-order valence-electron chi connectivity index (χ3n) is 3.40. The number of nitrogens with zero attached hydrogens (tertiary/aromatic N) is 1. The van der Waals surface area contributed by atoms with Gasteiger partial charge in [-0.3, -0.25) is 14.3 Å². The molecule has 0 aliphatic carbocycles. The molecule has 0 saturated carbocycles. The van der Waals surface area contributed by atoms with Crippen LogP contribution in [0.3, 0.4) is 0 Å². The number of aliphatic hydroxyl groups excluding tert-OH is 1. The topological polar surface area (TPSA) is 129 Å². The van der Waals surface area contributed by atoms with E-state index in [9.17, 15) is 19.3 Å².